The summed E-state index contributed by atoms with van der Waals surface area (Å²) in [5.41, 5.74) is 2.96. The number of hydrogen-bond acceptors (Lipinski definition) is 3. The summed E-state index contributed by atoms with van der Waals surface area (Å²) in [5, 5.41) is 7.51. The van der Waals surface area contributed by atoms with Crippen LogP contribution in [0.5, 0.6) is 0 Å². The summed E-state index contributed by atoms with van der Waals surface area (Å²) in [7, 11) is 3.87. The number of nitrogens with zero attached hydrogens (tertiary/aromatic N) is 4. The van der Waals surface area contributed by atoms with Gasteiger partial charge >= 0.3 is 0 Å². The SMILES string of the molecule is Cc1cn(C)c(Nc2cn(C)nc2C)n1. The molecule has 2 aromatic rings. The lowest BCUT2D eigenvalue weighted by atomic mass is 10.4. The summed E-state index contributed by atoms with van der Waals surface area (Å²) in [6.07, 6.45) is 3.92. The van der Waals surface area contributed by atoms with Gasteiger partial charge < -0.3 is 9.88 Å². The Morgan fingerprint density at radius 1 is 1.20 bits per heavy atom. The molecule has 0 saturated carbocycles. The maximum absolute atomic E-state index is 4.37. The first-order valence-corrected chi connectivity index (χ1v) is 4.83. The fourth-order valence-corrected chi connectivity index (χ4v) is 1.58. The Kier molecular flexibility index (Phi) is 2.22. The highest BCUT2D eigenvalue weighted by molar-refractivity contribution is 5.55. The van der Waals surface area contributed by atoms with Crippen LogP contribution in [0.15, 0.2) is 12.4 Å². The molecule has 0 radical (unpaired) electrons. The second-order valence-corrected chi connectivity index (χ2v) is 3.74. The predicted octanol–water partition coefficient (Wildman–Crippen LogP) is 1.51. The average molecular weight is 205 g/mol. The highest BCUT2D eigenvalue weighted by Crippen LogP contribution is 2.17. The average Bonchev–Trinajstić information content (AvgIpc) is 2.58. The molecule has 0 spiro atoms. The first kappa shape index (κ1) is 9.76. The zero-order chi connectivity index (χ0) is 11.0. The van der Waals surface area contributed by atoms with Crippen LogP contribution in [0.4, 0.5) is 11.6 Å². The summed E-state index contributed by atoms with van der Waals surface area (Å²) in [6, 6.07) is 0. The Hall–Kier alpha value is -1.78. The van der Waals surface area contributed by atoms with Crippen molar-refractivity contribution in [3.63, 3.8) is 0 Å². The van der Waals surface area contributed by atoms with Gasteiger partial charge in [0.2, 0.25) is 5.95 Å². The van der Waals surface area contributed by atoms with E-state index in [2.05, 4.69) is 15.4 Å². The standard InChI is InChI=1S/C10H15N5/c1-7-5-14(3)10(11-7)12-9-6-15(4)13-8(9)2/h5-6H,1-4H3,(H,11,12). The number of hydrogen-bond donors (Lipinski definition) is 1. The van der Waals surface area contributed by atoms with Gasteiger partial charge in [0.05, 0.1) is 17.1 Å². The fourth-order valence-electron chi connectivity index (χ4n) is 1.58. The third-order valence-electron chi connectivity index (χ3n) is 2.26. The molecule has 0 bridgehead atoms. The first-order chi connectivity index (χ1) is 7.06. The Balaban J connectivity index is 2.29. The Morgan fingerprint density at radius 2 is 1.93 bits per heavy atom. The molecule has 15 heavy (non-hydrogen) atoms. The minimum Gasteiger partial charge on any atom is -0.323 e. The molecule has 2 rings (SSSR count). The van der Waals surface area contributed by atoms with Crippen molar-refractivity contribution in [1.29, 1.82) is 0 Å². The van der Waals surface area contributed by atoms with Gasteiger partial charge in [0.15, 0.2) is 0 Å². The van der Waals surface area contributed by atoms with Crippen LogP contribution in [0.3, 0.4) is 0 Å². The van der Waals surface area contributed by atoms with Gasteiger partial charge in [0.25, 0.3) is 0 Å². The first-order valence-electron chi connectivity index (χ1n) is 4.83. The summed E-state index contributed by atoms with van der Waals surface area (Å²) < 4.78 is 3.75. The monoisotopic (exact) mass is 205 g/mol. The van der Waals surface area contributed by atoms with Crippen molar-refractivity contribution in [2.75, 3.05) is 5.32 Å². The molecule has 0 aliphatic heterocycles. The lowest BCUT2D eigenvalue weighted by molar-refractivity contribution is 0.756. The molecule has 0 saturated heterocycles. The van der Waals surface area contributed by atoms with Crippen molar-refractivity contribution >= 4 is 11.6 Å². The van der Waals surface area contributed by atoms with Crippen molar-refractivity contribution in [1.82, 2.24) is 19.3 Å². The number of aryl methyl sites for hydroxylation is 4. The van der Waals surface area contributed by atoms with E-state index in [9.17, 15) is 0 Å². The quantitative estimate of drug-likeness (QED) is 0.808. The van der Waals surface area contributed by atoms with Crippen molar-refractivity contribution < 1.29 is 0 Å². The van der Waals surface area contributed by atoms with Gasteiger partial charge in [-0.1, -0.05) is 0 Å². The van der Waals surface area contributed by atoms with Crippen molar-refractivity contribution in [2.45, 2.75) is 13.8 Å². The highest BCUT2D eigenvalue weighted by Gasteiger charge is 2.06. The molecule has 0 aliphatic carbocycles. The third-order valence-corrected chi connectivity index (χ3v) is 2.26. The minimum absolute atomic E-state index is 0.837. The Bertz CT molecular complexity index is 436. The van der Waals surface area contributed by atoms with E-state index < -0.39 is 0 Å². The predicted molar refractivity (Wildman–Crippen MR) is 59.2 cm³/mol. The maximum atomic E-state index is 4.37. The normalized spacial score (nSPS) is 10.7. The third kappa shape index (κ3) is 1.86. The van der Waals surface area contributed by atoms with Gasteiger partial charge in [0, 0.05) is 26.5 Å². The zero-order valence-corrected chi connectivity index (χ0v) is 9.44. The van der Waals surface area contributed by atoms with Gasteiger partial charge in [-0.3, -0.25) is 4.68 Å². The van der Waals surface area contributed by atoms with E-state index in [0.29, 0.717) is 0 Å². The van der Waals surface area contributed by atoms with Crippen LogP contribution in [0.1, 0.15) is 11.4 Å². The molecule has 2 aromatic heterocycles. The second-order valence-electron chi connectivity index (χ2n) is 3.74. The highest BCUT2D eigenvalue weighted by atomic mass is 15.3. The topological polar surface area (TPSA) is 47.7 Å². The molecule has 0 aliphatic rings. The molecule has 80 valence electrons. The molecule has 0 unspecified atom stereocenters. The van der Waals surface area contributed by atoms with E-state index in [1.807, 2.05) is 44.9 Å². The summed E-state index contributed by atoms with van der Waals surface area (Å²) >= 11 is 0. The summed E-state index contributed by atoms with van der Waals surface area (Å²) in [6.45, 7) is 3.94. The van der Waals surface area contributed by atoms with Crippen LogP contribution in [-0.4, -0.2) is 19.3 Å². The van der Waals surface area contributed by atoms with Gasteiger partial charge in [-0.2, -0.15) is 5.10 Å². The van der Waals surface area contributed by atoms with E-state index in [0.717, 1.165) is 23.0 Å². The van der Waals surface area contributed by atoms with Crippen molar-refractivity contribution in [2.24, 2.45) is 14.1 Å². The number of anilines is 2. The lowest BCUT2D eigenvalue weighted by Crippen LogP contribution is -1.98. The number of nitrogens with one attached hydrogen (secondary N) is 1. The van der Waals surface area contributed by atoms with Crippen LogP contribution < -0.4 is 5.32 Å². The van der Waals surface area contributed by atoms with Crippen LogP contribution in [0, 0.1) is 13.8 Å². The van der Waals surface area contributed by atoms with Gasteiger partial charge in [0.1, 0.15) is 0 Å². The van der Waals surface area contributed by atoms with Crippen LogP contribution >= 0.6 is 0 Å². The van der Waals surface area contributed by atoms with Crippen molar-refractivity contribution in [3.05, 3.63) is 23.8 Å². The van der Waals surface area contributed by atoms with Crippen LogP contribution in [-0.2, 0) is 14.1 Å². The zero-order valence-electron chi connectivity index (χ0n) is 9.44. The van der Waals surface area contributed by atoms with E-state index in [1.165, 1.54) is 0 Å². The lowest BCUT2D eigenvalue weighted by Gasteiger charge is -2.03. The molecule has 1 N–H and O–H groups in total. The van der Waals surface area contributed by atoms with Gasteiger partial charge in [-0.25, -0.2) is 4.98 Å². The molecular formula is C10H15N5. The second kappa shape index (κ2) is 3.42. The van der Waals surface area contributed by atoms with E-state index in [1.54, 1.807) is 4.68 Å². The number of rotatable bonds is 2. The van der Waals surface area contributed by atoms with Crippen LogP contribution in [0.25, 0.3) is 0 Å². The van der Waals surface area contributed by atoms with E-state index in [-0.39, 0.29) is 0 Å². The number of imidazole rings is 1. The van der Waals surface area contributed by atoms with Gasteiger partial charge in [-0.15, -0.1) is 0 Å². The van der Waals surface area contributed by atoms with Crippen LogP contribution in [0.2, 0.25) is 0 Å². The number of aromatic nitrogens is 4. The maximum Gasteiger partial charge on any atom is 0.207 e. The van der Waals surface area contributed by atoms with E-state index >= 15 is 0 Å². The summed E-state index contributed by atoms with van der Waals surface area (Å²) in [5.74, 6) is 0.837. The molecular weight excluding hydrogens is 190 g/mol. The largest absolute Gasteiger partial charge is 0.323 e. The fraction of sp³-hybridized carbons (Fsp3) is 0.400. The smallest absolute Gasteiger partial charge is 0.207 e. The Morgan fingerprint density at radius 3 is 2.40 bits per heavy atom. The molecule has 5 heteroatoms. The molecule has 0 fully saturated rings. The molecule has 0 amide bonds. The molecule has 2 heterocycles. The molecule has 0 aromatic carbocycles. The summed E-state index contributed by atoms with van der Waals surface area (Å²) in [4.78, 5) is 4.37. The van der Waals surface area contributed by atoms with Crippen molar-refractivity contribution in [3.8, 4) is 0 Å². The van der Waals surface area contributed by atoms with E-state index in [4.69, 9.17) is 0 Å². The minimum atomic E-state index is 0.837. The Labute approximate surface area is 88.7 Å². The molecule has 5 nitrogen and oxygen atoms in total. The molecule has 0 atom stereocenters. The van der Waals surface area contributed by atoms with Gasteiger partial charge in [-0.05, 0) is 13.8 Å².